The van der Waals surface area contributed by atoms with Crippen LogP contribution in [0, 0.1) is 24.1 Å². The van der Waals surface area contributed by atoms with Crippen LogP contribution in [0.15, 0.2) is 41.5 Å². The van der Waals surface area contributed by atoms with Gasteiger partial charge in [0.1, 0.15) is 11.9 Å². The summed E-state index contributed by atoms with van der Waals surface area (Å²) in [6, 6.07) is 7.12. The van der Waals surface area contributed by atoms with E-state index in [1.54, 1.807) is 6.07 Å². The molecule has 1 aliphatic heterocycles. The van der Waals surface area contributed by atoms with Crippen LogP contribution in [0.1, 0.15) is 34.3 Å². The number of carbonyl (C=O) groups is 1. The van der Waals surface area contributed by atoms with Crippen LogP contribution in [0.5, 0.6) is 0 Å². The van der Waals surface area contributed by atoms with Gasteiger partial charge in [-0.25, -0.2) is 14.1 Å². The van der Waals surface area contributed by atoms with E-state index in [0.717, 1.165) is 4.68 Å². The van der Waals surface area contributed by atoms with E-state index in [2.05, 4.69) is 10.1 Å². The molecule has 0 spiro atoms. The first kappa shape index (κ1) is 26.1. The third kappa shape index (κ3) is 5.41. The van der Waals surface area contributed by atoms with Crippen LogP contribution in [-0.2, 0) is 0 Å². The van der Waals surface area contributed by atoms with Crippen molar-refractivity contribution < 1.29 is 22.4 Å². The number of aromatic amines is 1. The molecule has 1 aliphatic rings. The van der Waals surface area contributed by atoms with Crippen LogP contribution in [0.2, 0.25) is 0 Å². The van der Waals surface area contributed by atoms with Crippen molar-refractivity contribution in [1.82, 2.24) is 24.6 Å². The molecule has 1 atom stereocenters. The zero-order chi connectivity index (χ0) is 26.9. The van der Waals surface area contributed by atoms with E-state index in [1.165, 1.54) is 60.4 Å². The lowest BCUT2D eigenvalue weighted by molar-refractivity contribution is -0.149. The maximum absolute atomic E-state index is 14.4. The Kier molecular flexibility index (Phi) is 7.18. The molecule has 0 unspecified atom stereocenters. The largest absolute Gasteiger partial charge is 0.401 e. The summed E-state index contributed by atoms with van der Waals surface area (Å²) in [4.78, 5) is 32.9. The Hall–Kier alpha value is -3.98. The molecule has 37 heavy (non-hydrogen) atoms. The number of benzene rings is 1. The van der Waals surface area contributed by atoms with Crippen molar-refractivity contribution in [2.24, 2.45) is 0 Å². The first-order valence-electron chi connectivity index (χ1n) is 11.5. The van der Waals surface area contributed by atoms with Gasteiger partial charge in [-0.2, -0.15) is 18.4 Å². The zero-order valence-electron chi connectivity index (χ0n) is 20.1. The molecule has 1 N–H and O–H groups in total. The van der Waals surface area contributed by atoms with E-state index in [1.807, 2.05) is 0 Å². The molecule has 0 radical (unpaired) electrons. The number of nitriles is 1. The number of halogens is 4. The minimum Gasteiger partial charge on any atom is -0.337 e. The molecule has 8 nitrogen and oxygen atoms in total. The molecule has 1 amide bonds. The highest BCUT2D eigenvalue weighted by Crippen LogP contribution is 2.25. The van der Waals surface area contributed by atoms with Gasteiger partial charge in [-0.3, -0.25) is 19.6 Å². The molecule has 0 bridgehead atoms. The number of H-pyrrole nitrogens is 1. The Morgan fingerprint density at radius 3 is 2.68 bits per heavy atom. The molecule has 194 valence electrons. The maximum atomic E-state index is 14.4. The second-order valence-electron chi connectivity index (χ2n) is 9.02. The van der Waals surface area contributed by atoms with E-state index in [0.29, 0.717) is 24.9 Å². The number of aromatic nitrogens is 3. The molecule has 4 rings (SSSR count). The van der Waals surface area contributed by atoms with Crippen LogP contribution >= 0.6 is 0 Å². The molecule has 1 aromatic carbocycles. The summed E-state index contributed by atoms with van der Waals surface area (Å²) >= 11 is 0. The average Bonchev–Trinajstić information content (AvgIpc) is 3.25. The number of amides is 1. The van der Waals surface area contributed by atoms with Crippen molar-refractivity contribution >= 4 is 5.91 Å². The van der Waals surface area contributed by atoms with Crippen LogP contribution < -0.4 is 5.56 Å². The molecule has 1 fully saturated rings. The van der Waals surface area contributed by atoms with Gasteiger partial charge >= 0.3 is 6.18 Å². The number of likely N-dealkylation sites (N-methyl/N-ethyl adjacent to an activating group) is 1. The van der Waals surface area contributed by atoms with Gasteiger partial charge in [0.2, 0.25) is 0 Å². The fourth-order valence-electron chi connectivity index (χ4n) is 4.53. The lowest BCUT2D eigenvalue weighted by atomic mass is 10.0. The Morgan fingerprint density at radius 2 is 2.03 bits per heavy atom. The number of rotatable bonds is 5. The number of nitrogens with one attached hydrogen (secondary N) is 1. The Balaban J connectivity index is 1.51. The lowest BCUT2D eigenvalue weighted by Gasteiger charge is -2.37. The zero-order valence-corrected chi connectivity index (χ0v) is 20.1. The number of hydrogen-bond donors (Lipinski definition) is 1. The number of piperidine rings is 1. The van der Waals surface area contributed by atoms with Gasteiger partial charge in [0.25, 0.3) is 11.5 Å². The number of hydrogen-bond acceptors (Lipinski definition) is 5. The van der Waals surface area contributed by atoms with Crippen molar-refractivity contribution in [2.45, 2.75) is 32.0 Å². The summed E-state index contributed by atoms with van der Waals surface area (Å²) in [5.41, 5.74) is 0.310. The van der Waals surface area contributed by atoms with E-state index in [-0.39, 0.29) is 40.5 Å². The smallest absolute Gasteiger partial charge is 0.337 e. The van der Waals surface area contributed by atoms with Crippen LogP contribution in [0.4, 0.5) is 17.6 Å². The fraction of sp³-hybridized carbons (Fsp3) is 0.360. The van der Waals surface area contributed by atoms with Gasteiger partial charge < -0.3 is 4.90 Å². The third-order valence-corrected chi connectivity index (χ3v) is 6.53. The number of carbonyl (C=O) groups excluding carboxylic acids is 1. The quantitative estimate of drug-likeness (QED) is 0.523. The van der Waals surface area contributed by atoms with Crippen molar-refractivity contribution in [3.05, 3.63) is 69.5 Å². The Morgan fingerprint density at radius 1 is 1.27 bits per heavy atom. The highest BCUT2D eigenvalue weighted by molar-refractivity contribution is 5.94. The minimum atomic E-state index is -4.32. The first-order chi connectivity index (χ1) is 17.5. The van der Waals surface area contributed by atoms with Crippen LogP contribution in [0.25, 0.3) is 16.9 Å². The summed E-state index contributed by atoms with van der Waals surface area (Å²) in [6.45, 7) is 1.04. The molecular weight excluding hydrogens is 492 g/mol. The summed E-state index contributed by atoms with van der Waals surface area (Å²) < 4.78 is 53.8. The number of nitrogens with zero attached hydrogens (tertiary/aromatic N) is 5. The molecule has 3 aromatic rings. The molecule has 12 heteroatoms. The van der Waals surface area contributed by atoms with Gasteiger partial charge in [0.15, 0.2) is 5.82 Å². The maximum Gasteiger partial charge on any atom is 0.401 e. The fourth-order valence-corrected chi connectivity index (χ4v) is 4.53. The van der Waals surface area contributed by atoms with Gasteiger partial charge in [-0.15, -0.1) is 0 Å². The number of pyridine rings is 1. The number of likely N-dealkylation sites (tertiary alicyclic amines) is 1. The van der Waals surface area contributed by atoms with Gasteiger partial charge in [0.05, 0.1) is 23.2 Å². The first-order valence-corrected chi connectivity index (χ1v) is 11.5. The summed E-state index contributed by atoms with van der Waals surface area (Å²) in [5.74, 6) is -0.856. The molecule has 0 saturated carbocycles. The van der Waals surface area contributed by atoms with Crippen LogP contribution in [-0.4, -0.2) is 69.4 Å². The highest BCUT2D eigenvalue weighted by Gasteiger charge is 2.34. The molecule has 1 saturated heterocycles. The van der Waals surface area contributed by atoms with Crippen molar-refractivity contribution in [3.8, 4) is 23.0 Å². The average molecular weight is 516 g/mol. The lowest BCUT2D eigenvalue weighted by Crippen LogP contribution is -2.50. The minimum absolute atomic E-state index is 0.119. The normalized spacial score (nSPS) is 16.2. The second kappa shape index (κ2) is 10.2. The standard InChI is InChI=1S/C25H24F4N6O2/c1-15-19(7-5-16(10-30)22(15)26)20-12-32-35(24(20)37)21-8-6-17(11-31-21)23(36)34-9-3-4-18(13-34)33(2)14-25(27,28)29/h5-8,11-12,18,32H,3-4,9,13-14H2,1-2H3/t18-/m0/s1. The molecule has 3 heterocycles. The van der Waals surface area contributed by atoms with Gasteiger partial charge in [0, 0.05) is 31.5 Å². The van der Waals surface area contributed by atoms with Crippen molar-refractivity contribution in [2.75, 3.05) is 26.7 Å². The summed E-state index contributed by atoms with van der Waals surface area (Å²) in [5, 5.41) is 11.8. The van der Waals surface area contributed by atoms with E-state index >= 15 is 0 Å². The Labute approximate surface area is 209 Å². The summed E-state index contributed by atoms with van der Waals surface area (Å²) in [7, 11) is 1.40. The topological polar surface area (TPSA) is 98.0 Å². The molecular formula is C25H24F4N6O2. The molecule has 0 aliphatic carbocycles. The highest BCUT2D eigenvalue weighted by atomic mass is 19.4. The predicted octanol–water partition coefficient (Wildman–Crippen LogP) is 3.65. The molecule has 2 aromatic heterocycles. The monoisotopic (exact) mass is 516 g/mol. The van der Waals surface area contributed by atoms with Gasteiger partial charge in [-0.1, -0.05) is 6.07 Å². The Bertz CT molecular complexity index is 1400. The SMILES string of the molecule is Cc1c(-c2c[nH]n(-c3ccc(C(=O)N4CCC[C@H](N(C)CC(F)(F)F)C4)cn3)c2=O)ccc(C#N)c1F. The van der Waals surface area contributed by atoms with E-state index in [9.17, 15) is 27.2 Å². The van der Waals surface area contributed by atoms with E-state index in [4.69, 9.17) is 5.26 Å². The van der Waals surface area contributed by atoms with E-state index < -0.39 is 30.1 Å². The van der Waals surface area contributed by atoms with Gasteiger partial charge in [-0.05, 0) is 56.1 Å². The van der Waals surface area contributed by atoms with Crippen molar-refractivity contribution in [3.63, 3.8) is 0 Å². The third-order valence-electron chi connectivity index (χ3n) is 6.53. The summed E-state index contributed by atoms with van der Waals surface area (Å²) in [6.07, 6.45) is -0.458. The second-order valence-corrected chi connectivity index (χ2v) is 9.02. The van der Waals surface area contributed by atoms with Crippen LogP contribution in [0.3, 0.4) is 0 Å². The van der Waals surface area contributed by atoms with Crippen molar-refractivity contribution in [1.29, 1.82) is 5.26 Å². The number of alkyl halides is 3. The predicted molar refractivity (Wildman–Crippen MR) is 127 cm³/mol.